The van der Waals surface area contributed by atoms with E-state index in [0.717, 1.165) is 0 Å². The zero-order valence-electron chi connectivity index (χ0n) is 15.6. The minimum atomic E-state index is -0.506. The topological polar surface area (TPSA) is 102 Å². The molecule has 9 nitrogen and oxygen atoms in total. The fraction of sp³-hybridized carbons (Fsp3) is 0.875. The number of ether oxygens (including phenoxy) is 6. The van der Waals surface area contributed by atoms with Crippen LogP contribution in [0.2, 0.25) is 0 Å². The predicted molar refractivity (Wildman–Crippen MR) is 89.5 cm³/mol. The molecule has 0 aliphatic heterocycles. The maximum Gasteiger partial charge on any atom is 0.407 e. The third-order valence-electron chi connectivity index (χ3n) is 2.48. The lowest BCUT2D eigenvalue weighted by molar-refractivity contribution is -0.146. The van der Waals surface area contributed by atoms with E-state index in [0.29, 0.717) is 52.8 Å². The third kappa shape index (κ3) is 18.8. The molecule has 0 aromatic rings. The van der Waals surface area contributed by atoms with E-state index in [4.69, 9.17) is 23.7 Å². The van der Waals surface area contributed by atoms with Crippen LogP contribution in [-0.4, -0.2) is 84.2 Å². The van der Waals surface area contributed by atoms with Crippen LogP contribution in [0.4, 0.5) is 4.79 Å². The second-order valence-electron chi connectivity index (χ2n) is 5.89. The molecule has 0 rings (SSSR count). The molecule has 9 heteroatoms. The van der Waals surface area contributed by atoms with Crippen molar-refractivity contribution in [1.82, 2.24) is 5.32 Å². The molecule has 0 unspecified atom stereocenters. The Hall–Kier alpha value is -1.42. The highest BCUT2D eigenvalue weighted by Crippen LogP contribution is 2.05. The molecule has 0 aromatic heterocycles. The van der Waals surface area contributed by atoms with Gasteiger partial charge in [0.15, 0.2) is 0 Å². The van der Waals surface area contributed by atoms with Gasteiger partial charge in [-0.2, -0.15) is 0 Å². The summed E-state index contributed by atoms with van der Waals surface area (Å²) in [6, 6.07) is 0. The average molecular weight is 365 g/mol. The van der Waals surface area contributed by atoms with Gasteiger partial charge in [-0.3, -0.25) is 0 Å². The van der Waals surface area contributed by atoms with E-state index >= 15 is 0 Å². The van der Waals surface area contributed by atoms with E-state index in [1.807, 2.05) is 0 Å². The number of hydrogen-bond donors (Lipinski definition) is 1. The standard InChI is InChI=1S/C16H31NO8/c1-16(2,3)25-15(19)17-5-6-21-7-8-22-9-10-23-11-12-24-13-14(18)20-4/h5-13H2,1-4H3,(H,17,19). The summed E-state index contributed by atoms with van der Waals surface area (Å²) < 4.78 is 30.4. The predicted octanol–water partition coefficient (Wildman–Crippen LogP) is 0.751. The van der Waals surface area contributed by atoms with Crippen LogP contribution >= 0.6 is 0 Å². The Kier molecular flexibility index (Phi) is 14.0. The second kappa shape index (κ2) is 14.9. The molecule has 0 saturated heterocycles. The van der Waals surface area contributed by atoms with Gasteiger partial charge in [-0.15, -0.1) is 0 Å². The van der Waals surface area contributed by atoms with Crippen molar-refractivity contribution in [2.24, 2.45) is 0 Å². The summed E-state index contributed by atoms with van der Waals surface area (Å²) in [5.41, 5.74) is -0.506. The van der Waals surface area contributed by atoms with Gasteiger partial charge in [0.05, 0.1) is 53.4 Å². The van der Waals surface area contributed by atoms with E-state index in [2.05, 4.69) is 10.1 Å². The minimum absolute atomic E-state index is 0.0729. The Bertz CT molecular complexity index is 357. The van der Waals surface area contributed by atoms with E-state index in [1.165, 1.54) is 7.11 Å². The van der Waals surface area contributed by atoms with Crippen LogP contribution in [0, 0.1) is 0 Å². The monoisotopic (exact) mass is 365 g/mol. The van der Waals surface area contributed by atoms with Gasteiger partial charge < -0.3 is 33.7 Å². The summed E-state index contributed by atoms with van der Waals surface area (Å²) >= 11 is 0. The smallest absolute Gasteiger partial charge is 0.407 e. The Morgan fingerprint density at radius 2 is 1.28 bits per heavy atom. The summed E-state index contributed by atoms with van der Waals surface area (Å²) in [5.74, 6) is -0.412. The Morgan fingerprint density at radius 1 is 0.800 bits per heavy atom. The highest BCUT2D eigenvalue weighted by molar-refractivity contribution is 5.70. The lowest BCUT2D eigenvalue weighted by Gasteiger charge is -2.19. The number of rotatable bonds is 14. The second-order valence-corrected chi connectivity index (χ2v) is 5.89. The van der Waals surface area contributed by atoms with E-state index in [-0.39, 0.29) is 6.61 Å². The number of nitrogens with one attached hydrogen (secondary N) is 1. The van der Waals surface area contributed by atoms with E-state index in [9.17, 15) is 9.59 Å². The van der Waals surface area contributed by atoms with Crippen LogP contribution in [-0.2, 0) is 33.2 Å². The van der Waals surface area contributed by atoms with Crippen LogP contribution < -0.4 is 5.32 Å². The molecular formula is C16H31NO8. The highest BCUT2D eigenvalue weighted by atomic mass is 16.6. The van der Waals surface area contributed by atoms with Crippen LogP contribution in [0.25, 0.3) is 0 Å². The van der Waals surface area contributed by atoms with Crippen molar-refractivity contribution in [3.63, 3.8) is 0 Å². The normalized spacial score (nSPS) is 11.2. The molecule has 0 aliphatic rings. The average Bonchev–Trinajstić information content (AvgIpc) is 2.53. The number of amides is 1. The lowest BCUT2D eigenvalue weighted by atomic mass is 10.2. The number of carbonyl (C=O) groups excluding carboxylic acids is 2. The molecule has 0 atom stereocenters. The summed E-state index contributed by atoms with van der Waals surface area (Å²) in [6.07, 6.45) is -0.458. The summed E-state index contributed by atoms with van der Waals surface area (Å²) in [6.45, 7) is 8.55. The quantitative estimate of drug-likeness (QED) is 0.355. The first-order chi connectivity index (χ1) is 11.8. The summed E-state index contributed by atoms with van der Waals surface area (Å²) in [7, 11) is 1.31. The van der Waals surface area contributed by atoms with Crippen molar-refractivity contribution in [2.75, 3.05) is 66.5 Å². The van der Waals surface area contributed by atoms with Crippen LogP contribution in [0.15, 0.2) is 0 Å². The molecule has 0 saturated carbocycles. The Balaban J connectivity index is 3.19. The van der Waals surface area contributed by atoms with Crippen molar-refractivity contribution >= 4 is 12.1 Å². The molecule has 148 valence electrons. The molecule has 0 fully saturated rings. The first kappa shape index (κ1) is 23.6. The fourth-order valence-electron chi connectivity index (χ4n) is 1.41. The van der Waals surface area contributed by atoms with Gasteiger partial charge >= 0.3 is 12.1 Å². The molecule has 0 bridgehead atoms. The van der Waals surface area contributed by atoms with E-state index in [1.54, 1.807) is 20.8 Å². The summed E-state index contributed by atoms with van der Waals surface area (Å²) in [4.78, 5) is 22.1. The lowest BCUT2D eigenvalue weighted by Crippen LogP contribution is -2.34. The van der Waals surface area contributed by atoms with Gasteiger partial charge in [-0.1, -0.05) is 0 Å². The van der Waals surface area contributed by atoms with Gasteiger partial charge in [0.25, 0.3) is 0 Å². The molecule has 0 heterocycles. The molecule has 1 amide bonds. The zero-order chi connectivity index (χ0) is 19.0. The molecule has 0 aromatic carbocycles. The number of methoxy groups -OCH3 is 1. The number of carbonyl (C=O) groups is 2. The van der Waals surface area contributed by atoms with Gasteiger partial charge in [-0.25, -0.2) is 9.59 Å². The van der Waals surface area contributed by atoms with Gasteiger partial charge in [0.2, 0.25) is 0 Å². The van der Waals surface area contributed by atoms with Crippen molar-refractivity contribution in [2.45, 2.75) is 26.4 Å². The molecular weight excluding hydrogens is 334 g/mol. The first-order valence-corrected chi connectivity index (χ1v) is 8.20. The first-order valence-electron chi connectivity index (χ1n) is 8.20. The summed E-state index contributed by atoms with van der Waals surface area (Å²) in [5, 5.41) is 2.60. The zero-order valence-corrected chi connectivity index (χ0v) is 15.6. The number of hydrogen-bond acceptors (Lipinski definition) is 8. The largest absolute Gasteiger partial charge is 0.467 e. The minimum Gasteiger partial charge on any atom is -0.467 e. The number of esters is 1. The highest BCUT2D eigenvalue weighted by Gasteiger charge is 2.15. The SMILES string of the molecule is COC(=O)COCCOCCOCCOCCNC(=O)OC(C)(C)C. The Morgan fingerprint density at radius 3 is 1.76 bits per heavy atom. The Labute approximate surface area is 149 Å². The maximum atomic E-state index is 11.3. The van der Waals surface area contributed by atoms with Gasteiger partial charge in [-0.05, 0) is 20.8 Å². The molecule has 25 heavy (non-hydrogen) atoms. The molecule has 0 aliphatic carbocycles. The van der Waals surface area contributed by atoms with Crippen molar-refractivity contribution in [3.8, 4) is 0 Å². The fourth-order valence-corrected chi connectivity index (χ4v) is 1.41. The van der Waals surface area contributed by atoms with Crippen molar-refractivity contribution in [1.29, 1.82) is 0 Å². The van der Waals surface area contributed by atoms with Crippen molar-refractivity contribution < 1.29 is 38.0 Å². The van der Waals surface area contributed by atoms with Gasteiger partial charge in [0, 0.05) is 6.54 Å². The molecule has 0 radical (unpaired) electrons. The number of alkyl carbamates (subject to hydrolysis) is 1. The van der Waals surface area contributed by atoms with Crippen LogP contribution in [0.5, 0.6) is 0 Å². The molecule has 0 spiro atoms. The van der Waals surface area contributed by atoms with Crippen LogP contribution in [0.3, 0.4) is 0 Å². The van der Waals surface area contributed by atoms with Gasteiger partial charge in [0.1, 0.15) is 12.2 Å². The maximum absolute atomic E-state index is 11.3. The molecule has 1 N–H and O–H groups in total. The van der Waals surface area contributed by atoms with E-state index < -0.39 is 17.7 Å². The van der Waals surface area contributed by atoms with Crippen molar-refractivity contribution in [3.05, 3.63) is 0 Å². The van der Waals surface area contributed by atoms with Crippen LogP contribution in [0.1, 0.15) is 20.8 Å². The third-order valence-corrected chi connectivity index (χ3v) is 2.48.